The number of anilines is 2. The van der Waals surface area contributed by atoms with E-state index in [1.165, 1.54) is 18.9 Å². The normalized spacial score (nSPS) is 20.3. The van der Waals surface area contributed by atoms with Gasteiger partial charge in [-0.05, 0) is 5.92 Å². The second-order valence-electron chi connectivity index (χ2n) is 9.59. The van der Waals surface area contributed by atoms with Gasteiger partial charge in [-0.1, -0.05) is 13.8 Å². The van der Waals surface area contributed by atoms with Crippen molar-refractivity contribution in [2.75, 3.05) is 49.8 Å². The van der Waals surface area contributed by atoms with Crippen molar-refractivity contribution < 1.29 is 37.4 Å². The smallest absolute Gasteiger partial charge is 0.414 e. The summed E-state index contributed by atoms with van der Waals surface area (Å²) in [7, 11) is 1.49. The highest BCUT2D eigenvalue weighted by molar-refractivity contribution is 5.91. The number of carbonyl (C=O) groups excluding carboxylic acids is 3. The third-order valence-electron chi connectivity index (χ3n) is 6.53. The minimum atomic E-state index is -0.946. The van der Waals surface area contributed by atoms with Gasteiger partial charge in [-0.15, -0.1) is 0 Å². The average Bonchev–Trinajstić information content (AvgIpc) is 3.18. The summed E-state index contributed by atoms with van der Waals surface area (Å²) in [5.74, 6) is -2.64. The fourth-order valence-corrected chi connectivity index (χ4v) is 4.41. The first-order valence-corrected chi connectivity index (χ1v) is 11.9. The maximum Gasteiger partial charge on any atom is 0.414 e. The van der Waals surface area contributed by atoms with Crippen molar-refractivity contribution in [2.45, 2.75) is 51.3 Å². The van der Waals surface area contributed by atoms with E-state index < -0.39 is 41.4 Å². The van der Waals surface area contributed by atoms with E-state index in [4.69, 9.17) is 19.9 Å². The molecule has 0 unspecified atom stereocenters. The zero-order valence-electron chi connectivity index (χ0n) is 21.0. The number of rotatable bonds is 9. The lowest BCUT2D eigenvalue weighted by molar-refractivity contribution is -0.171. The molecule has 0 saturated carbocycles. The summed E-state index contributed by atoms with van der Waals surface area (Å²) < 4.78 is 46.5. The number of carbonyl (C=O) groups is 3. The molecule has 2 aliphatic rings. The summed E-state index contributed by atoms with van der Waals surface area (Å²) in [6.45, 7) is 5.57. The van der Waals surface area contributed by atoms with Crippen LogP contribution < -0.4 is 20.9 Å². The molecule has 2 heterocycles. The number of amides is 2. The van der Waals surface area contributed by atoms with Crippen LogP contribution in [-0.4, -0.2) is 75.6 Å². The summed E-state index contributed by atoms with van der Waals surface area (Å²) in [5, 5.41) is 2.58. The van der Waals surface area contributed by atoms with Crippen molar-refractivity contribution in [3.05, 3.63) is 23.8 Å². The topological polar surface area (TPSA) is 123 Å². The molecule has 2 aliphatic heterocycles. The Kier molecular flexibility index (Phi) is 8.72. The SMILES string of the molecule is COCC1(OC(=O)[C@@H](N)C(C)C)CCN(c2c(F)cc(N3C(=O)OC[C@@H]3CNC(C)=O)cc2F)CC1. The van der Waals surface area contributed by atoms with Crippen molar-refractivity contribution in [3.63, 3.8) is 0 Å². The largest absolute Gasteiger partial charge is 0.455 e. The first kappa shape index (κ1) is 27.6. The highest BCUT2D eigenvalue weighted by Crippen LogP contribution is 2.36. The monoisotopic (exact) mass is 512 g/mol. The van der Waals surface area contributed by atoms with Crippen LogP contribution in [-0.2, 0) is 23.8 Å². The molecule has 3 rings (SSSR count). The number of nitrogens with one attached hydrogen (secondary N) is 1. The molecule has 36 heavy (non-hydrogen) atoms. The van der Waals surface area contributed by atoms with Crippen molar-refractivity contribution in [3.8, 4) is 0 Å². The molecule has 1 aromatic carbocycles. The van der Waals surface area contributed by atoms with E-state index in [9.17, 15) is 14.4 Å². The number of benzene rings is 1. The van der Waals surface area contributed by atoms with Gasteiger partial charge in [0.25, 0.3) is 0 Å². The van der Waals surface area contributed by atoms with Gasteiger partial charge in [-0.3, -0.25) is 14.5 Å². The highest BCUT2D eigenvalue weighted by Gasteiger charge is 2.41. The summed E-state index contributed by atoms with van der Waals surface area (Å²) in [6.07, 6.45) is -0.175. The second-order valence-corrected chi connectivity index (χ2v) is 9.59. The van der Waals surface area contributed by atoms with Crippen molar-refractivity contribution >= 4 is 29.3 Å². The van der Waals surface area contributed by atoms with Gasteiger partial charge in [0.15, 0.2) is 11.6 Å². The molecule has 0 radical (unpaired) electrons. The van der Waals surface area contributed by atoms with Gasteiger partial charge >= 0.3 is 12.1 Å². The quantitative estimate of drug-likeness (QED) is 0.481. The van der Waals surface area contributed by atoms with Crippen LogP contribution in [0.2, 0.25) is 0 Å². The molecule has 12 heteroatoms. The molecule has 0 bridgehead atoms. The Morgan fingerprint density at radius 1 is 1.25 bits per heavy atom. The van der Waals surface area contributed by atoms with Crippen LogP contribution in [0.4, 0.5) is 25.0 Å². The first-order chi connectivity index (χ1) is 17.0. The van der Waals surface area contributed by atoms with Gasteiger partial charge in [-0.25, -0.2) is 13.6 Å². The molecule has 0 aromatic heterocycles. The van der Waals surface area contributed by atoms with Crippen molar-refractivity contribution in [1.29, 1.82) is 0 Å². The summed E-state index contributed by atoms with van der Waals surface area (Å²) in [4.78, 5) is 38.6. The number of nitrogens with zero attached hydrogens (tertiary/aromatic N) is 2. The standard InChI is InChI=1S/C24H34F2N4O6/c1-14(2)20(27)22(32)36-24(13-34-4)5-7-29(8-6-24)21-18(25)9-16(10-19(21)26)30-17(11-28-15(3)31)12-35-23(30)33/h9-10,14,17,20H,5-8,11-13,27H2,1-4H3,(H,28,31)/t17-,20-/m0/s1. The Hall–Kier alpha value is -2.99. The molecular formula is C24H34F2N4O6. The zero-order chi connectivity index (χ0) is 26.6. The molecule has 0 aliphatic carbocycles. The van der Waals surface area contributed by atoms with Crippen LogP contribution in [0.25, 0.3) is 0 Å². The van der Waals surface area contributed by atoms with Gasteiger partial charge in [-0.2, -0.15) is 0 Å². The molecular weight excluding hydrogens is 478 g/mol. The van der Waals surface area contributed by atoms with Gasteiger partial charge in [0, 0.05) is 58.6 Å². The molecule has 3 N–H and O–H groups in total. The number of methoxy groups -OCH3 is 1. The fraction of sp³-hybridized carbons (Fsp3) is 0.625. The first-order valence-electron chi connectivity index (χ1n) is 11.9. The van der Waals surface area contributed by atoms with Gasteiger partial charge in [0.2, 0.25) is 5.91 Å². The lowest BCUT2D eigenvalue weighted by Gasteiger charge is -2.42. The average molecular weight is 513 g/mol. The number of nitrogens with two attached hydrogens (primary N) is 1. The number of cyclic esters (lactones) is 1. The van der Waals surface area contributed by atoms with Crippen LogP contribution >= 0.6 is 0 Å². The number of halogens is 2. The summed E-state index contributed by atoms with van der Waals surface area (Å²) in [5.41, 5.74) is 4.74. The minimum Gasteiger partial charge on any atom is -0.455 e. The van der Waals surface area contributed by atoms with Crippen LogP contribution in [0.3, 0.4) is 0 Å². The van der Waals surface area contributed by atoms with Crippen LogP contribution in [0.5, 0.6) is 0 Å². The zero-order valence-corrected chi connectivity index (χ0v) is 21.0. The predicted octanol–water partition coefficient (Wildman–Crippen LogP) is 1.94. The minimum absolute atomic E-state index is 0.00561. The Bertz CT molecular complexity index is 960. The molecule has 2 amide bonds. The van der Waals surface area contributed by atoms with E-state index in [0.717, 1.165) is 17.0 Å². The molecule has 2 saturated heterocycles. The number of ether oxygens (including phenoxy) is 3. The molecule has 0 spiro atoms. The van der Waals surface area contributed by atoms with E-state index in [-0.39, 0.29) is 68.9 Å². The Balaban J connectivity index is 1.76. The van der Waals surface area contributed by atoms with Crippen molar-refractivity contribution in [1.82, 2.24) is 5.32 Å². The Morgan fingerprint density at radius 2 is 1.86 bits per heavy atom. The van der Waals surface area contributed by atoms with Gasteiger partial charge in [0.05, 0.1) is 18.3 Å². The van der Waals surface area contributed by atoms with E-state index in [1.54, 1.807) is 0 Å². The van der Waals surface area contributed by atoms with Gasteiger partial charge < -0.3 is 30.2 Å². The Morgan fingerprint density at radius 3 is 2.39 bits per heavy atom. The molecule has 2 atom stereocenters. The van der Waals surface area contributed by atoms with Crippen LogP contribution in [0, 0.1) is 17.6 Å². The third-order valence-corrected chi connectivity index (χ3v) is 6.53. The number of hydrogen-bond donors (Lipinski definition) is 2. The summed E-state index contributed by atoms with van der Waals surface area (Å²) in [6, 6.07) is 0.767. The van der Waals surface area contributed by atoms with Crippen molar-refractivity contribution in [2.24, 2.45) is 11.7 Å². The predicted molar refractivity (Wildman–Crippen MR) is 128 cm³/mol. The van der Waals surface area contributed by atoms with E-state index in [0.29, 0.717) is 0 Å². The molecule has 200 valence electrons. The molecule has 1 aromatic rings. The lowest BCUT2D eigenvalue weighted by atomic mass is 9.91. The maximum absolute atomic E-state index is 15.2. The number of hydrogen-bond acceptors (Lipinski definition) is 8. The van der Waals surface area contributed by atoms with E-state index in [1.807, 2.05) is 13.8 Å². The molecule has 2 fully saturated rings. The van der Waals surface area contributed by atoms with E-state index >= 15 is 8.78 Å². The van der Waals surface area contributed by atoms with Crippen LogP contribution in [0.15, 0.2) is 12.1 Å². The summed E-state index contributed by atoms with van der Waals surface area (Å²) >= 11 is 0. The second kappa shape index (κ2) is 11.4. The van der Waals surface area contributed by atoms with Crippen LogP contribution in [0.1, 0.15) is 33.6 Å². The Labute approximate surface area is 209 Å². The number of piperidine rings is 1. The molecule has 10 nitrogen and oxygen atoms in total. The van der Waals surface area contributed by atoms with Gasteiger partial charge in [0.1, 0.15) is 23.9 Å². The maximum atomic E-state index is 15.2. The van der Waals surface area contributed by atoms with E-state index in [2.05, 4.69) is 5.32 Å². The highest BCUT2D eigenvalue weighted by atomic mass is 19.1. The number of esters is 1. The third kappa shape index (κ3) is 6.04. The fourth-order valence-electron chi connectivity index (χ4n) is 4.41. The lowest BCUT2D eigenvalue weighted by Crippen LogP contribution is -2.52.